The SMILES string of the molecule is CC(C)(C)c1ccc2c(c1)C1=NC3=NC(=NC4=NC(=NC5=NC(=NC2=N1)c1ccc(C(C)(C)C)cc15)c1cc(C(C)(C)C)ccc14)NN3. The number of nitrogens with zero attached hydrogens (tertiary/aromatic N) is 8. The van der Waals surface area contributed by atoms with Gasteiger partial charge in [-0.05, 0) is 51.1 Å². The second kappa shape index (κ2) is 10.1. The molecule has 0 saturated carbocycles. The second-order valence-corrected chi connectivity index (χ2v) is 15.8. The molecule has 0 aromatic heterocycles. The molecule has 0 aliphatic carbocycles. The van der Waals surface area contributed by atoms with Gasteiger partial charge in [0, 0.05) is 33.4 Å². The van der Waals surface area contributed by atoms with E-state index in [1.54, 1.807) is 0 Å². The minimum Gasteiger partial charge on any atom is -0.265 e. The van der Waals surface area contributed by atoms with Crippen molar-refractivity contribution in [1.29, 1.82) is 0 Å². The van der Waals surface area contributed by atoms with Crippen molar-refractivity contribution in [3.8, 4) is 0 Å². The molecule has 0 unspecified atom stereocenters. The molecule has 5 aliphatic rings. The summed E-state index contributed by atoms with van der Waals surface area (Å²) in [6, 6.07) is 19.1. The number of hydrogen-bond donors (Lipinski definition) is 2. The van der Waals surface area contributed by atoms with E-state index >= 15 is 0 Å². The Morgan fingerprint density at radius 1 is 0.333 bits per heavy atom. The van der Waals surface area contributed by atoms with Crippen LogP contribution in [-0.4, -0.2) is 46.9 Å². The summed E-state index contributed by atoms with van der Waals surface area (Å²) in [5.41, 5.74) is 14.8. The molecule has 8 rings (SSSR count). The maximum absolute atomic E-state index is 5.15. The average Bonchev–Trinajstić information content (AvgIpc) is 3.77. The molecule has 5 heterocycles. The van der Waals surface area contributed by atoms with Crippen LogP contribution < -0.4 is 10.9 Å². The zero-order chi connectivity index (χ0) is 33.7. The molecular formula is C38H38N10. The monoisotopic (exact) mass is 634 g/mol. The van der Waals surface area contributed by atoms with Gasteiger partial charge in [0.25, 0.3) is 0 Å². The third-order valence-electron chi connectivity index (χ3n) is 9.08. The molecule has 240 valence electrons. The molecule has 0 spiro atoms. The molecular weight excluding hydrogens is 596 g/mol. The lowest BCUT2D eigenvalue weighted by atomic mass is 9.85. The summed E-state index contributed by atoms with van der Waals surface area (Å²) in [5, 5.41) is 0. The van der Waals surface area contributed by atoms with E-state index in [1.165, 1.54) is 16.7 Å². The lowest BCUT2D eigenvalue weighted by Gasteiger charge is -2.20. The van der Waals surface area contributed by atoms with Crippen molar-refractivity contribution in [2.75, 3.05) is 0 Å². The highest BCUT2D eigenvalue weighted by Gasteiger charge is 2.32. The van der Waals surface area contributed by atoms with Crippen molar-refractivity contribution in [3.63, 3.8) is 0 Å². The summed E-state index contributed by atoms with van der Waals surface area (Å²) in [6.45, 7) is 19.8. The molecule has 2 N–H and O–H groups in total. The predicted octanol–water partition coefficient (Wildman–Crippen LogP) is 6.33. The van der Waals surface area contributed by atoms with Crippen LogP contribution in [0.15, 0.2) is 94.5 Å². The largest absolute Gasteiger partial charge is 0.265 e. The zero-order valence-electron chi connectivity index (χ0n) is 28.8. The maximum Gasteiger partial charge on any atom is 0.247 e. The summed E-state index contributed by atoms with van der Waals surface area (Å²) in [5.74, 6) is 3.90. The number of fused-ring (bicyclic) bond motifs is 13. The van der Waals surface area contributed by atoms with E-state index in [2.05, 4.69) is 133 Å². The number of amidine groups is 6. The van der Waals surface area contributed by atoms with Crippen molar-refractivity contribution in [2.24, 2.45) is 39.9 Å². The molecule has 48 heavy (non-hydrogen) atoms. The first-order valence-electron chi connectivity index (χ1n) is 16.3. The number of hydrazine groups is 1. The first kappa shape index (κ1) is 30.0. The number of rotatable bonds is 0. The van der Waals surface area contributed by atoms with E-state index in [1.807, 2.05) is 0 Å². The van der Waals surface area contributed by atoms with Crippen LogP contribution in [0.4, 0.5) is 0 Å². The fourth-order valence-corrected chi connectivity index (χ4v) is 6.12. The van der Waals surface area contributed by atoms with Crippen LogP contribution in [0.1, 0.15) is 112 Å². The lowest BCUT2D eigenvalue weighted by molar-refractivity contribution is 0.590. The highest BCUT2D eigenvalue weighted by molar-refractivity contribution is 6.33. The van der Waals surface area contributed by atoms with Crippen LogP contribution in [0.5, 0.6) is 0 Å². The summed E-state index contributed by atoms with van der Waals surface area (Å²) < 4.78 is 0. The van der Waals surface area contributed by atoms with Gasteiger partial charge in [-0.15, -0.1) is 0 Å². The molecule has 0 radical (unpaired) electrons. The predicted molar refractivity (Wildman–Crippen MR) is 196 cm³/mol. The third-order valence-corrected chi connectivity index (χ3v) is 9.08. The molecule has 3 aromatic rings. The Morgan fingerprint density at radius 2 is 0.625 bits per heavy atom. The van der Waals surface area contributed by atoms with Crippen molar-refractivity contribution in [2.45, 2.75) is 78.6 Å². The van der Waals surface area contributed by atoms with Crippen LogP contribution in [0.2, 0.25) is 0 Å². The number of hydrogen-bond acceptors (Lipinski definition) is 10. The van der Waals surface area contributed by atoms with Gasteiger partial charge in [-0.3, -0.25) is 10.9 Å². The second-order valence-electron chi connectivity index (χ2n) is 15.8. The van der Waals surface area contributed by atoms with Gasteiger partial charge in [-0.2, -0.15) is 15.0 Å². The Hall–Kier alpha value is -5.38. The summed E-state index contributed by atoms with van der Waals surface area (Å²) in [7, 11) is 0. The smallest absolute Gasteiger partial charge is 0.247 e. The minimum absolute atomic E-state index is 0.0635. The molecule has 0 atom stereocenters. The summed E-state index contributed by atoms with van der Waals surface area (Å²) >= 11 is 0. The van der Waals surface area contributed by atoms with Crippen LogP contribution in [0.3, 0.4) is 0 Å². The maximum atomic E-state index is 5.15. The Balaban J connectivity index is 1.39. The number of guanidine groups is 2. The van der Waals surface area contributed by atoms with E-state index in [0.717, 1.165) is 33.4 Å². The minimum atomic E-state index is -0.0719. The van der Waals surface area contributed by atoms with Crippen molar-refractivity contribution >= 4 is 46.9 Å². The average molecular weight is 635 g/mol. The van der Waals surface area contributed by atoms with Gasteiger partial charge in [0.05, 0.1) is 0 Å². The van der Waals surface area contributed by atoms with Crippen LogP contribution in [0, 0.1) is 0 Å². The van der Waals surface area contributed by atoms with Gasteiger partial charge in [0.15, 0.2) is 35.0 Å². The van der Waals surface area contributed by atoms with Crippen molar-refractivity contribution < 1.29 is 0 Å². The van der Waals surface area contributed by atoms with Crippen LogP contribution in [-0.2, 0) is 16.2 Å². The van der Waals surface area contributed by atoms with Gasteiger partial charge in [0.2, 0.25) is 11.9 Å². The molecule has 8 bridgehead atoms. The molecule has 5 aliphatic heterocycles. The van der Waals surface area contributed by atoms with Gasteiger partial charge in [0.1, 0.15) is 0 Å². The van der Waals surface area contributed by atoms with Crippen molar-refractivity contribution in [3.05, 3.63) is 105 Å². The van der Waals surface area contributed by atoms with Gasteiger partial charge in [-0.25, -0.2) is 25.0 Å². The van der Waals surface area contributed by atoms with E-state index in [4.69, 9.17) is 34.9 Å². The zero-order valence-corrected chi connectivity index (χ0v) is 28.8. The highest BCUT2D eigenvalue weighted by Crippen LogP contribution is 2.33. The van der Waals surface area contributed by atoms with Gasteiger partial charge < -0.3 is 0 Å². The highest BCUT2D eigenvalue weighted by atomic mass is 15.5. The standard InChI is InChI=1S/C38H38N10/c1-36(2,3)19-10-13-22-25(16-19)31-40-28(22)39-29-23-14-11-21(38(7,8)9)18-27(23)33(41-29)45-35-46-34(47-48-35)44-30-24-15-12-20(37(4,5)6)17-26(24)32(42-30)43-31/h10-18H,1-9H3,(H2,39,40,41,42,43,44,45,46,47,48). The van der Waals surface area contributed by atoms with E-state index in [-0.39, 0.29) is 16.2 Å². The Bertz CT molecular complexity index is 2220. The van der Waals surface area contributed by atoms with Crippen LogP contribution in [0.25, 0.3) is 0 Å². The molecule has 3 aromatic carbocycles. The molecule has 0 fully saturated rings. The lowest BCUT2D eigenvalue weighted by Crippen LogP contribution is -2.32. The Labute approximate surface area is 280 Å². The molecule has 0 saturated heterocycles. The quantitative estimate of drug-likeness (QED) is 0.300. The Kier molecular flexibility index (Phi) is 6.28. The van der Waals surface area contributed by atoms with E-state index < -0.39 is 0 Å². The fourth-order valence-electron chi connectivity index (χ4n) is 6.12. The van der Waals surface area contributed by atoms with Crippen molar-refractivity contribution in [1.82, 2.24) is 10.9 Å². The third kappa shape index (κ3) is 5.03. The number of benzene rings is 3. The Morgan fingerprint density at radius 3 is 0.979 bits per heavy atom. The molecule has 0 amide bonds. The van der Waals surface area contributed by atoms with Crippen LogP contribution >= 0.6 is 0 Å². The van der Waals surface area contributed by atoms with Gasteiger partial charge >= 0.3 is 0 Å². The molecule has 10 nitrogen and oxygen atoms in total. The normalized spacial score (nSPS) is 17.8. The number of aliphatic imine (C=N–C) groups is 8. The fraction of sp³-hybridized carbons (Fsp3) is 0.316. The summed E-state index contributed by atoms with van der Waals surface area (Å²) in [4.78, 5) is 39.5. The number of nitrogens with one attached hydrogen (secondary N) is 2. The van der Waals surface area contributed by atoms with E-state index in [0.29, 0.717) is 46.9 Å². The first-order valence-corrected chi connectivity index (χ1v) is 16.3. The summed E-state index contributed by atoms with van der Waals surface area (Å²) in [6.07, 6.45) is 0. The van der Waals surface area contributed by atoms with Gasteiger partial charge in [-0.1, -0.05) is 98.7 Å². The topological polar surface area (TPSA) is 123 Å². The first-order chi connectivity index (χ1) is 22.6. The molecule has 10 heteroatoms. The van der Waals surface area contributed by atoms with E-state index in [9.17, 15) is 0 Å².